The Balaban J connectivity index is 2.38. The third kappa shape index (κ3) is 2.49. The fourth-order valence-electron chi connectivity index (χ4n) is 1.39. The maximum Gasteiger partial charge on any atom is 0.416 e. The van der Waals surface area contributed by atoms with E-state index in [4.69, 9.17) is 0 Å². The Bertz CT molecular complexity index is 545. The highest BCUT2D eigenvalue weighted by Crippen LogP contribution is 2.31. The second-order valence-corrected chi connectivity index (χ2v) is 4.11. The molecule has 7 heteroatoms. The second kappa shape index (κ2) is 4.40. The zero-order valence-electron chi connectivity index (χ0n) is 9.81. The summed E-state index contributed by atoms with van der Waals surface area (Å²) in [6, 6.07) is 4.89. The molecule has 0 spiro atoms. The van der Waals surface area contributed by atoms with E-state index in [0.717, 1.165) is 12.1 Å². The van der Waals surface area contributed by atoms with Crippen molar-refractivity contribution < 1.29 is 13.2 Å². The molecular weight excluding hydrogens is 245 g/mol. The van der Waals surface area contributed by atoms with Crippen LogP contribution >= 0.6 is 0 Å². The molecule has 18 heavy (non-hydrogen) atoms. The Morgan fingerprint density at radius 3 is 2.50 bits per heavy atom. The second-order valence-electron chi connectivity index (χ2n) is 4.11. The molecule has 1 aromatic carbocycles. The van der Waals surface area contributed by atoms with E-state index in [2.05, 4.69) is 15.4 Å². The van der Waals surface area contributed by atoms with Gasteiger partial charge in [0.1, 0.15) is 0 Å². The Hall–Kier alpha value is -1.92. The Labute approximate surface area is 101 Å². The van der Waals surface area contributed by atoms with Crippen molar-refractivity contribution in [1.82, 2.24) is 20.2 Å². The summed E-state index contributed by atoms with van der Waals surface area (Å²) in [7, 11) is 0. The van der Waals surface area contributed by atoms with Gasteiger partial charge in [-0.15, -0.1) is 10.2 Å². The highest BCUT2D eigenvalue weighted by molar-refractivity contribution is 5.55. The Morgan fingerprint density at radius 2 is 1.94 bits per heavy atom. The first-order valence-corrected chi connectivity index (χ1v) is 5.35. The number of aromatic nitrogens is 4. The number of alkyl halides is 3. The fraction of sp³-hybridized carbons (Fsp3) is 0.364. The monoisotopic (exact) mass is 256 g/mol. The van der Waals surface area contributed by atoms with Crippen LogP contribution in [-0.2, 0) is 6.18 Å². The third-order valence-electron chi connectivity index (χ3n) is 2.34. The van der Waals surface area contributed by atoms with Gasteiger partial charge in [-0.25, -0.2) is 0 Å². The molecule has 2 aromatic rings. The molecule has 1 heterocycles. The van der Waals surface area contributed by atoms with Crippen LogP contribution in [0.15, 0.2) is 24.3 Å². The first kappa shape index (κ1) is 12.5. The lowest BCUT2D eigenvalue weighted by atomic mass is 10.1. The van der Waals surface area contributed by atoms with E-state index in [1.54, 1.807) is 0 Å². The van der Waals surface area contributed by atoms with Crippen molar-refractivity contribution >= 4 is 0 Å². The van der Waals surface area contributed by atoms with Gasteiger partial charge in [0.15, 0.2) is 0 Å². The smallest absolute Gasteiger partial charge is 0.166 e. The summed E-state index contributed by atoms with van der Waals surface area (Å²) in [4.78, 5) is 1.36. The number of benzene rings is 1. The van der Waals surface area contributed by atoms with E-state index in [1.165, 1.54) is 16.9 Å². The molecule has 0 atom stereocenters. The number of rotatable bonds is 2. The summed E-state index contributed by atoms with van der Waals surface area (Å²) < 4.78 is 37.7. The SMILES string of the molecule is CC(C)n1nnc(-c2cccc(C(F)(F)F)c2)n1. The number of nitrogens with zero attached hydrogens (tertiary/aromatic N) is 4. The van der Waals surface area contributed by atoms with Gasteiger partial charge in [0, 0.05) is 5.56 Å². The van der Waals surface area contributed by atoms with Crippen LogP contribution < -0.4 is 0 Å². The van der Waals surface area contributed by atoms with Crippen molar-refractivity contribution in [2.45, 2.75) is 26.1 Å². The molecule has 0 bridgehead atoms. The normalized spacial score (nSPS) is 12.1. The van der Waals surface area contributed by atoms with Crippen LogP contribution in [0.1, 0.15) is 25.5 Å². The topological polar surface area (TPSA) is 43.6 Å². The number of hydrogen-bond donors (Lipinski definition) is 0. The lowest BCUT2D eigenvalue weighted by Crippen LogP contribution is -2.05. The van der Waals surface area contributed by atoms with Gasteiger partial charge in [0.2, 0.25) is 5.82 Å². The molecule has 0 fully saturated rings. The van der Waals surface area contributed by atoms with Crippen LogP contribution in [0.3, 0.4) is 0 Å². The highest BCUT2D eigenvalue weighted by atomic mass is 19.4. The molecule has 1 aromatic heterocycles. The quantitative estimate of drug-likeness (QED) is 0.829. The van der Waals surface area contributed by atoms with Gasteiger partial charge in [-0.1, -0.05) is 12.1 Å². The molecule has 0 amide bonds. The molecule has 0 radical (unpaired) electrons. The van der Waals surface area contributed by atoms with Gasteiger partial charge in [-0.2, -0.15) is 18.0 Å². The fourth-order valence-corrected chi connectivity index (χ4v) is 1.39. The van der Waals surface area contributed by atoms with E-state index < -0.39 is 11.7 Å². The molecule has 4 nitrogen and oxygen atoms in total. The van der Waals surface area contributed by atoms with E-state index in [1.807, 2.05) is 13.8 Å². The van der Waals surface area contributed by atoms with Crippen LogP contribution in [-0.4, -0.2) is 20.2 Å². The van der Waals surface area contributed by atoms with Crippen molar-refractivity contribution in [3.63, 3.8) is 0 Å². The van der Waals surface area contributed by atoms with Crippen molar-refractivity contribution in [2.24, 2.45) is 0 Å². The third-order valence-corrected chi connectivity index (χ3v) is 2.34. The standard InChI is InChI=1S/C11H11F3N4/c1-7(2)18-16-10(15-17-18)8-4-3-5-9(6-8)11(12,13)14/h3-7H,1-2H3. The first-order chi connectivity index (χ1) is 8.38. The Morgan fingerprint density at radius 1 is 1.22 bits per heavy atom. The lowest BCUT2D eigenvalue weighted by Gasteiger charge is -2.06. The average Bonchev–Trinajstić information content (AvgIpc) is 2.77. The lowest BCUT2D eigenvalue weighted by molar-refractivity contribution is -0.137. The van der Waals surface area contributed by atoms with Gasteiger partial charge < -0.3 is 0 Å². The zero-order valence-corrected chi connectivity index (χ0v) is 9.81. The van der Waals surface area contributed by atoms with E-state index >= 15 is 0 Å². The van der Waals surface area contributed by atoms with Crippen molar-refractivity contribution in [3.05, 3.63) is 29.8 Å². The summed E-state index contributed by atoms with van der Waals surface area (Å²) in [5.41, 5.74) is -0.419. The van der Waals surface area contributed by atoms with E-state index in [9.17, 15) is 13.2 Å². The predicted octanol–water partition coefficient (Wildman–Crippen LogP) is 2.94. The summed E-state index contributed by atoms with van der Waals surface area (Å²) in [5, 5.41) is 11.6. The molecule has 0 aliphatic heterocycles. The van der Waals surface area contributed by atoms with Crippen LogP contribution in [0.25, 0.3) is 11.4 Å². The van der Waals surface area contributed by atoms with Crippen molar-refractivity contribution in [3.8, 4) is 11.4 Å². The summed E-state index contributed by atoms with van der Waals surface area (Å²) in [5.74, 6) is 0.190. The maximum atomic E-state index is 12.6. The molecule has 0 saturated carbocycles. The maximum absolute atomic E-state index is 12.6. The number of tetrazole rings is 1. The molecule has 0 saturated heterocycles. The molecule has 0 unspecified atom stereocenters. The molecule has 0 aliphatic rings. The number of hydrogen-bond acceptors (Lipinski definition) is 3. The minimum atomic E-state index is -4.37. The van der Waals surface area contributed by atoms with Crippen LogP contribution in [0.2, 0.25) is 0 Å². The van der Waals surface area contributed by atoms with Gasteiger partial charge in [-0.3, -0.25) is 0 Å². The molecule has 0 aliphatic carbocycles. The average molecular weight is 256 g/mol. The van der Waals surface area contributed by atoms with Crippen LogP contribution in [0.5, 0.6) is 0 Å². The molecular formula is C11H11F3N4. The van der Waals surface area contributed by atoms with Crippen LogP contribution in [0.4, 0.5) is 13.2 Å². The highest BCUT2D eigenvalue weighted by Gasteiger charge is 2.30. The number of halogens is 3. The minimum Gasteiger partial charge on any atom is -0.166 e. The predicted molar refractivity (Wildman–Crippen MR) is 58.6 cm³/mol. The van der Waals surface area contributed by atoms with Crippen molar-refractivity contribution in [2.75, 3.05) is 0 Å². The summed E-state index contributed by atoms with van der Waals surface area (Å²) >= 11 is 0. The minimum absolute atomic E-state index is 0.0112. The van der Waals surface area contributed by atoms with Gasteiger partial charge in [0.25, 0.3) is 0 Å². The van der Waals surface area contributed by atoms with E-state index in [0.29, 0.717) is 5.56 Å². The molecule has 96 valence electrons. The Kier molecular flexibility index (Phi) is 3.06. The van der Waals surface area contributed by atoms with Gasteiger partial charge in [-0.05, 0) is 31.2 Å². The van der Waals surface area contributed by atoms with E-state index in [-0.39, 0.29) is 11.9 Å². The van der Waals surface area contributed by atoms with Gasteiger partial charge >= 0.3 is 6.18 Å². The summed E-state index contributed by atoms with van der Waals surface area (Å²) in [6.45, 7) is 3.72. The molecule has 2 rings (SSSR count). The van der Waals surface area contributed by atoms with Gasteiger partial charge in [0.05, 0.1) is 11.6 Å². The molecule has 0 N–H and O–H groups in total. The zero-order chi connectivity index (χ0) is 13.3. The van der Waals surface area contributed by atoms with Crippen LogP contribution in [0, 0.1) is 0 Å². The largest absolute Gasteiger partial charge is 0.416 e. The summed E-state index contributed by atoms with van der Waals surface area (Å²) in [6.07, 6.45) is -4.37. The van der Waals surface area contributed by atoms with Crippen molar-refractivity contribution in [1.29, 1.82) is 0 Å². The first-order valence-electron chi connectivity index (χ1n) is 5.35.